The first-order valence-electron chi connectivity index (χ1n) is 5.57. The topological polar surface area (TPSA) is 66.4 Å². The van der Waals surface area contributed by atoms with E-state index in [1.165, 1.54) is 13.0 Å². The first kappa shape index (κ1) is 14.3. The summed E-state index contributed by atoms with van der Waals surface area (Å²) in [6, 6.07) is 6.19. The number of phenolic OH excluding ortho intramolecular Hbond substituents is 1. The fraction of sp³-hybridized carbons (Fsp3) is 0.0769. The van der Waals surface area contributed by atoms with E-state index in [9.17, 15) is 22.3 Å². The Bertz CT molecular complexity index is 760. The number of aryl methyl sites for hydroxylation is 1. The molecule has 0 aliphatic carbocycles. The molecular formula is C13H11F2NO3S. The zero-order valence-corrected chi connectivity index (χ0v) is 11.2. The molecule has 2 N–H and O–H groups in total. The number of sulfonamides is 1. The van der Waals surface area contributed by atoms with Crippen LogP contribution in [0, 0.1) is 18.6 Å². The van der Waals surface area contributed by atoms with Crippen LogP contribution >= 0.6 is 0 Å². The maximum Gasteiger partial charge on any atom is 0.262 e. The summed E-state index contributed by atoms with van der Waals surface area (Å²) >= 11 is 0. The number of benzene rings is 2. The fourth-order valence-electron chi connectivity index (χ4n) is 1.65. The minimum Gasteiger partial charge on any atom is -0.506 e. The Kier molecular flexibility index (Phi) is 3.63. The first-order chi connectivity index (χ1) is 9.29. The van der Waals surface area contributed by atoms with Crippen LogP contribution in [-0.4, -0.2) is 13.5 Å². The van der Waals surface area contributed by atoms with Crippen LogP contribution in [0.3, 0.4) is 0 Å². The predicted octanol–water partition coefficient (Wildman–Crippen LogP) is 2.78. The van der Waals surface area contributed by atoms with Gasteiger partial charge >= 0.3 is 0 Å². The van der Waals surface area contributed by atoms with Gasteiger partial charge in [-0.05, 0) is 36.8 Å². The van der Waals surface area contributed by atoms with Gasteiger partial charge in [-0.1, -0.05) is 6.07 Å². The van der Waals surface area contributed by atoms with Gasteiger partial charge in [0.15, 0.2) is 0 Å². The van der Waals surface area contributed by atoms with Crippen LogP contribution < -0.4 is 4.72 Å². The SMILES string of the molecule is Cc1ccc(F)cc1S(=O)(=O)Nc1ccc(F)cc1O. The number of hydrogen-bond acceptors (Lipinski definition) is 3. The quantitative estimate of drug-likeness (QED) is 0.856. The van der Waals surface area contributed by atoms with Crippen LogP contribution in [-0.2, 0) is 10.0 Å². The number of phenols is 1. The van der Waals surface area contributed by atoms with Crippen LogP contribution in [0.4, 0.5) is 14.5 Å². The molecule has 2 rings (SSSR count). The summed E-state index contributed by atoms with van der Waals surface area (Å²) in [5, 5.41) is 9.48. The second-order valence-corrected chi connectivity index (χ2v) is 5.83. The van der Waals surface area contributed by atoms with Crippen LogP contribution in [0.15, 0.2) is 41.3 Å². The van der Waals surface area contributed by atoms with Crippen LogP contribution in [0.5, 0.6) is 5.75 Å². The molecule has 106 valence electrons. The van der Waals surface area contributed by atoms with E-state index >= 15 is 0 Å². The van der Waals surface area contributed by atoms with E-state index in [4.69, 9.17) is 0 Å². The minimum atomic E-state index is -4.07. The molecule has 0 aromatic heterocycles. The van der Waals surface area contributed by atoms with Gasteiger partial charge in [0, 0.05) is 6.07 Å². The molecule has 4 nitrogen and oxygen atoms in total. The fourth-order valence-corrected chi connectivity index (χ4v) is 2.99. The van der Waals surface area contributed by atoms with Crippen molar-refractivity contribution in [1.29, 1.82) is 0 Å². The maximum absolute atomic E-state index is 13.2. The van der Waals surface area contributed by atoms with Gasteiger partial charge in [0.05, 0.1) is 10.6 Å². The molecule has 0 amide bonds. The molecule has 7 heteroatoms. The average Bonchev–Trinajstić information content (AvgIpc) is 2.35. The number of hydrogen-bond donors (Lipinski definition) is 2. The van der Waals surface area contributed by atoms with Gasteiger partial charge in [-0.2, -0.15) is 0 Å². The molecule has 0 saturated heterocycles. The highest BCUT2D eigenvalue weighted by atomic mass is 32.2. The zero-order chi connectivity index (χ0) is 14.9. The first-order valence-corrected chi connectivity index (χ1v) is 7.05. The normalized spacial score (nSPS) is 11.3. The molecule has 0 fully saturated rings. The van der Waals surface area contributed by atoms with Crippen LogP contribution in [0.25, 0.3) is 0 Å². The lowest BCUT2D eigenvalue weighted by Gasteiger charge is -2.11. The minimum absolute atomic E-state index is 0.185. The van der Waals surface area contributed by atoms with Gasteiger partial charge < -0.3 is 5.11 Å². The van der Waals surface area contributed by atoms with Gasteiger partial charge in [-0.25, -0.2) is 17.2 Å². The molecule has 0 heterocycles. The monoisotopic (exact) mass is 299 g/mol. The third-order valence-corrected chi connectivity index (χ3v) is 4.15. The van der Waals surface area contributed by atoms with Gasteiger partial charge in [0.2, 0.25) is 0 Å². The van der Waals surface area contributed by atoms with Gasteiger partial charge in [0.1, 0.15) is 17.4 Å². The van der Waals surface area contributed by atoms with Crippen molar-refractivity contribution in [3.05, 3.63) is 53.6 Å². The van der Waals surface area contributed by atoms with Crippen LogP contribution in [0.2, 0.25) is 0 Å². The zero-order valence-electron chi connectivity index (χ0n) is 10.4. The standard InChI is InChI=1S/C13H11F2NO3S/c1-8-2-3-10(15)7-13(8)20(18,19)16-11-5-4-9(14)6-12(11)17/h2-7,16-17H,1H3. The molecule has 0 aliphatic heterocycles. The summed E-state index contributed by atoms with van der Waals surface area (Å²) in [5.41, 5.74) is 0.163. The van der Waals surface area contributed by atoms with Crippen molar-refractivity contribution in [2.24, 2.45) is 0 Å². The summed E-state index contributed by atoms with van der Waals surface area (Å²) in [5.74, 6) is -1.95. The molecule has 0 aliphatic rings. The summed E-state index contributed by atoms with van der Waals surface area (Å²) < 4.78 is 52.3. The highest BCUT2D eigenvalue weighted by Crippen LogP contribution is 2.27. The third-order valence-electron chi connectivity index (χ3n) is 2.64. The van der Waals surface area contributed by atoms with Gasteiger partial charge in [-0.15, -0.1) is 0 Å². The number of aromatic hydroxyl groups is 1. The Balaban J connectivity index is 2.43. The van der Waals surface area contributed by atoms with Crippen molar-refractivity contribution in [3.63, 3.8) is 0 Å². The lowest BCUT2D eigenvalue weighted by Crippen LogP contribution is -2.14. The van der Waals surface area contributed by atoms with Crippen molar-refractivity contribution in [2.45, 2.75) is 11.8 Å². The van der Waals surface area contributed by atoms with E-state index in [1.54, 1.807) is 0 Å². The second-order valence-electron chi connectivity index (χ2n) is 4.18. The summed E-state index contributed by atoms with van der Waals surface area (Å²) in [7, 11) is -4.07. The Morgan fingerprint density at radius 3 is 2.30 bits per heavy atom. The van der Waals surface area contributed by atoms with E-state index in [2.05, 4.69) is 4.72 Å². The molecule has 0 spiro atoms. The molecular weight excluding hydrogens is 288 g/mol. The molecule has 20 heavy (non-hydrogen) atoms. The number of rotatable bonds is 3. The average molecular weight is 299 g/mol. The smallest absolute Gasteiger partial charge is 0.262 e. The highest BCUT2D eigenvalue weighted by molar-refractivity contribution is 7.92. The number of halogens is 2. The van der Waals surface area contributed by atoms with Crippen molar-refractivity contribution in [3.8, 4) is 5.75 Å². The second kappa shape index (κ2) is 5.09. The van der Waals surface area contributed by atoms with E-state index in [-0.39, 0.29) is 10.6 Å². The molecule has 0 unspecified atom stereocenters. The van der Waals surface area contributed by atoms with Crippen molar-refractivity contribution in [1.82, 2.24) is 0 Å². The molecule has 0 radical (unpaired) electrons. The molecule has 2 aromatic rings. The van der Waals surface area contributed by atoms with Crippen molar-refractivity contribution >= 4 is 15.7 Å². The number of nitrogens with one attached hydrogen (secondary N) is 1. The Hall–Kier alpha value is -2.15. The van der Waals surface area contributed by atoms with Gasteiger partial charge in [0.25, 0.3) is 10.0 Å². The predicted molar refractivity (Wildman–Crippen MR) is 70.0 cm³/mol. The lowest BCUT2D eigenvalue weighted by atomic mass is 10.2. The Morgan fingerprint density at radius 1 is 1.05 bits per heavy atom. The molecule has 0 atom stereocenters. The summed E-state index contributed by atoms with van der Waals surface area (Å²) in [6.45, 7) is 1.51. The van der Waals surface area contributed by atoms with E-state index in [0.29, 0.717) is 5.56 Å². The molecule has 2 aromatic carbocycles. The van der Waals surface area contributed by atoms with Crippen molar-refractivity contribution < 1.29 is 22.3 Å². The third kappa shape index (κ3) is 2.88. The molecule has 0 saturated carbocycles. The lowest BCUT2D eigenvalue weighted by molar-refractivity contribution is 0.471. The van der Waals surface area contributed by atoms with E-state index in [0.717, 1.165) is 30.3 Å². The van der Waals surface area contributed by atoms with E-state index in [1.807, 2.05) is 0 Å². The Morgan fingerprint density at radius 2 is 1.65 bits per heavy atom. The number of anilines is 1. The summed E-state index contributed by atoms with van der Waals surface area (Å²) in [6.07, 6.45) is 0. The van der Waals surface area contributed by atoms with Crippen molar-refractivity contribution in [2.75, 3.05) is 4.72 Å². The van der Waals surface area contributed by atoms with Gasteiger partial charge in [-0.3, -0.25) is 4.72 Å². The highest BCUT2D eigenvalue weighted by Gasteiger charge is 2.19. The maximum atomic E-state index is 13.2. The van der Waals surface area contributed by atoms with Crippen LogP contribution in [0.1, 0.15) is 5.56 Å². The molecule has 0 bridgehead atoms. The Labute approximate surface area is 114 Å². The van der Waals surface area contributed by atoms with E-state index < -0.39 is 27.4 Å². The largest absolute Gasteiger partial charge is 0.506 e. The summed E-state index contributed by atoms with van der Waals surface area (Å²) in [4.78, 5) is -0.249.